The molecule has 1 aliphatic heterocycles. The molecule has 0 saturated heterocycles. The average Bonchev–Trinajstić information content (AvgIpc) is 2.88. The minimum absolute atomic E-state index is 0.123. The van der Waals surface area contributed by atoms with Crippen molar-refractivity contribution in [2.24, 2.45) is 0 Å². The van der Waals surface area contributed by atoms with Crippen LogP contribution in [0.15, 0.2) is 23.1 Å². The number of halogens is 3. The van der Waals surface area contributed by atoms with Crippen molar-refractivity contribution in [3.63, 3.8) is 0 Å². The summed E-state index contributed by atoms with van der Waals surface area (Å²) < 4.78 is 42.9. The summed E-state index contributed by atoms with van der Waals surface area (Å²) in [6, 6.07) is 2.64. The second-order valence-electron chi connectivity index (χ2n) is 7.27. The molecule has 0 saturated carbocycles. The maximum atomic E-state index is 13.0. The van der Waals surface area contributed by atoms with Crippen molar-refractivity contribution in [2.45, 2.75) is 45.3 Å². The van der Waals surface area contributed by atoms with Crippen molar-refractivity contribution in [2.75, 3.05) is 11.9 Å². The Morgan fingerprint density at radius 1 is 1.29 bits per heavy atom. The zero-order chi connectivity index (χ0) is 22.2. The number of carbonyl (C=O) groups excluding carboxylic acids is 1. The minimum atomic E-state index is -4.46. The highest BCUT2D eigenvalue weighted by Gasteiger charge is 2.28. The third-order valence-corrected chi connectivity index (χ3v) is 6.18. The Bertz CT molecular complexity index is 1190. The smallest absolute Gasteiger partial charge is 0.422 e. The molecule has 4 rings (SSSR count). The maximum absolute atomic E-state index is 13.0. The summed E-state index contributed by atoms with van der Waals surface area (Å²) >= 11 is 1.15. The fourth-order valence-corrected chi connectivity index (χ4v) is 4.60. The fourth-order valence-electron chi connectivity index (χ4n) is 3.51. The van der Waals surface area contributed by atoms with Crippen molar-refractivity contribution in [1.82, 2.24) is 14.5 Å². The molecule has 31 heavy (non-hydrogen) atoms. The highest BCUT2D eigenvalue weighted by molar-refractivity contribution is 7.20. The molecule has 3 aromatic heterocycles. The number of anilines is 1. The topological polar surface area (TPSA) is 86.1 Å². The lowest BCUT2D eigenvalue weighted by atomic mass is 10.2. The van der Waals surface area contributed by atoms with E-state index in [1.54, 1.807) is 11.5 Å². The fraction of sp³-hybridized carbons (Fsp3) is 0.400. The number of alkyl halides is 3. The van der Waals surface area contributed by atoms with E-state index in [9.17, 15) is 22.8 Å². The molecule has 1 amide bonds. The third kappa shape index (κ3) is 4.55. The van der Waals surface area contributed by atoms with Gasteiger partial charge in [-0.1, -0.05) is 6.42 Å². The monoisotopic (exact) mass is 452 g/mol. The van der Waals surface area contributed by atoms with Gasteiger partial charge in [0.25, 0.3) is 11.5 Å². The summed E-state index contributed by atoms with van der Waals surface area (Å²) in [7, 11) is 0. The lowest BCUT2D eigenvalue weighted by Gasteiger charge is -2.09. The van der Waals surface area contributed by atoms with E-state index in [2.05, 4.69) is 20.0 Å². The van der Waals surface area contributed by atoms with Gasteiger partial charge in [-0.2, -0.15) is 13.2 Å². The van der Waals surface area contributed by atoms with E-state index >= 15 is 0 Å². The predicted octanol–water partition coefficient (Wildman–Crippen LogP) is 4.08. The minimum Gasteiger partial charge on any atom is -0.468 e. The molecule has 0 spiro atoms. The zero-order valence-corrected chi connectivity index (χ0v) is 17.4. The number of pyridine rings is 1. The summed E-state index contributed by atoms with van der Waals surface area (Å²) in [6.07, 6.45) is 0.437. The van der Waals surface area contributed by atoms with Crippen LogP contribution in [-0.4, -0.2) is 33.2 Å². The summed E-state index contributed by atoms with van der Waals surface area (Å²) in [6.45, 7) is 0.897. The van der Waals surface area contributed by atoms with Crippen LogP contribution in [-0.2, 0) is 13.0 Å². The van der Waals surface area contributed by atoms with E-state index in [-0.39, 0.29) is 11.4 Å². The number of ether oxygens (including phenoxy) is 1. The Morgan fingerprint density at radius 3 is 2.81 bits per heavy atom. The molecular weight excluding hydrogens is 433 g/mol. The number of nitrogens with one attached hydrogen (secondary N) is 1. The highest BCUT2D eigenvalue weighted by Crippen LogP contribution is 2.29. The van der Waals surface area contributed by atoms with Crippen LogP contribution in [0.25, 0.3) is 10.2 Å². The first-order valence-corrected chi connectivity index (χ1v) is 10.5. The number of hydrogen-bond donors (Lipinski definition) is 1. The number of carbonyl (C=O) groups is 1. The molecular formula is C20H19F3N4O3S. The summed E-state index contributed by atoms with van der Waals surface area (Å²) in [5.41, 5.74) is 0.733. The predicted molar refractivity (Wildman–Crippen MR) is 110 cm³/mol. The van der Waals surface area contributed by atoms with Crippen molar-refractivity contribution in [1.29, 1.82) is 0 Å². The van der Waals surface area contributed by atoms with Crippen LogP contribution >= 0.6 is 11.3 Å². The number of aryl methyl sites for hydroxylation is 2. The average molecular weight is 452 g/mol. The first-order valence-electron chi connectivity index (χ1n) is 9.73. The number of nitrogens with zero attached hydrogens (tertiary/aromatic N) is 3. The molecule has 1 aliphatic rings. The Balaban J connectivity index is 1.56. The molecule has 7 nitrogen and oxygen atoms in total. The first kappa shape index (κ1) is 21.3. The number of rotatable bonds is 4. The van der Waals surface area contributed by atoms with Gasteiger partial charge in [-0.15, -0.1) is 11.3 Å². The lowest BCUT2D eigenvalue weighted by Crippen LogP contribution is -2.24. The highest BCUT2D eigenvalue weighted by atomic mass is 32.1. The quantitative estimate of drug-likeness (QED) is 0.645. The Labute approximate surface area is 178 Å². The zero-order valence-electron chi connectivity index (χ0n) is 16.6. The molecule has 0 unspecified atom stereocenters. The molecule has 1 N–H and O–H groups in total. The van der Waals surface area contributed by atoms with Crippen LogP contribution in [0.1, 0.15) is 40.3 Å². The van der Waals surface area contributed by atoms with E-state index in [1.807, 2.05) is 0 Å². The van der Waals surface area contributed by atoms with Crippen LogP contribution in [0.4, 0.5) is 18.9 Å². The number of thiophene rings is 1. The van der Waals surface area contributed by atoms with E-state index in [0.29, 0.717) is 32.9 Å². The van der Waals surface area contributed by atoms with Crippen LogP contribution in [0.3, 0.4) is 0 Å². The molecule has 0 aliphatic carbocycles. The van der Waals surface area contributed by atoms with Gasteiger partial charge in [0.1, 0.15) is 10.7 Å². The summed E-state index contributed by atoms with van der Waals surface area (Å²) in [4.78, 5) is 35.1. The van der Waals surface area contributed by atoms with E-state index in [0.717, 1.165) is 42.8 Å². The van der Waals surface area contributed by atoms with Crippen molar-refractivity contribution in [3.8, 4) is 5.88 Å². The van der Waals surface area contributed by atoms with Gasteiger partial charge in [0.2, 0.25) is 5.88 Å². The second kappa shape index (κ2) is 8.29. The number of fused-ring (bicyclic) bond motifs is 2. The molecule has 0 atom stereocenters. The SMILES string of the molecule is Cc1c(C(=O)Nc2ccc(OCC(F)(F)F)nc2)sc2nc3n(c(=O)c12)CCCCC3. The van der Waals surface area contributed by atoms with Crippen LogP contribution < -0.4 is 15.6 Å². The number of hydrogen-bond acceptors (Lipinski definition) is 6. The Morgan fingerprint density at radius 2 is 2.10 bits per heavy atom. The summed E-state index contributed by atoms with van der Waals surface area (Å²) in [5, 5.41) is 3.11. The van der Waals surface area contributed by atoms with Gasteiger partial charge in [-0.05, 0) is 31.4 Å². The van der Waals surface area contributed by atoms with Gasteiger partial charge in [0, 0.05) is 19.0 Å². The van der Waals surface area contributed by atoms with Crippen molar-refractivity contribution < 1.29 is 22.7 Å². The van der Waals surface area contributed by atoms with E-state index in [1.165, 1.54) is 18.3 Å². The molecule has 11 heteroatoms. The number of aromatic nitrogens is 3. The van der Waals surface area contributed by atoms with Gasteiger partial charge >= 0.3 is 6.18 Å². The van der Waals surface area contributed by atoms with Crippen LogP contribution in [0.2, 0.25) is 0 Å². The normalized spacial score (nSPS) is 14.2. The molecule has 4 heterocycles. The van der Waals surface area contributed by atoms with Crippen LogP contribution in [0.5, 0.6) is 5.88 Å². The third-order valence-electron chi connectivity index (χ3n) is 5.00. The van der Waals surface area contributed by atoms with Gasteiger partial charge in [0.15, 0.2) is 6.61 Å². The molecule has 0 fully saturated rings. The second-order valence-corrected chi connectivity index (χ2v) is 8.27. The largest absolute Gasteiger partial charge is 0.468 e. The Hall–Kier alpha value is -2.95. The molecule has 3 aromatic rings. The van der Waals surface area contributed by atoms with Gasteiger partial charge in [0.05, 0.1) is 22.1 Å². The van der Waals surface area contributed by atoms with Crippen molar-refractivity contribution in [3.05, 3.63) is 44.9 Å². The van der Waals surface area contributed by atoms with Crippen molar-refractivity contribution >= 4 is 33.1 Å². The van der Waals surface area contributed by atoms with E-state index < -0.39 is 18.7 Å². The molecule has 0 radical (unpaired) electrons. The van der Waals surface area contributed by atoms with Gasteiger partial charge in [-0.25, -0.2) is 9.97 Å². The van der Waals surface area contributed by atoms with Gasteiger partial charge < -0.3 is 10.1 Å². The van der Waals surface area contributed by atoms with Gasteiger partial charge in [-0.3, -0.25) is 14.2 Å². The number of amides is 1. The maximum Gasteiger partial charge on any atom is 0.422 e. The van der Waals surface area contributed by atoms with E-state index in [4.69, 9.17) is 0 Å². The molecule has 0 aromatic carbocycles. The molecule has 0 bridgehead atoms. The first-order chi connectivity index (χ1) is 14.7. The standard InChI is InChI=1S/C20H19F3N4O3S/c1-11-15-18(26-13-5-3-2-4-8-27(13)19(15)29)31-16(11)17(28)25-12-6-7-14(24-9-12)30-10-20(21,22)23/h6-7,9H,2-5,8,10H2,1H3,(H,25,28). The Kier molecular flexibility index (Phi) is 5.69. The summed E-state index contributed by atoms with van der Waals surface area (Å²) in [5.74, 6) is 0.111. The molecule has 164 valence electrons. The van der Waals surface area contributed by atoms with Crippen LogP contribution in [0, 0.1) is 6.92 Å². The lowest BCUT2D eigenvalue weighted by molar-refractivity contribution is -0.154.